The number of ether oxygens (including phenoxy) is 1. The van der Waals surface area contributed by atoms with Gasteiger partial charge in [0.15, 0.2) is 5.69 Å². The van der Waals surface area contributed by atoms with Gasteiger partial charge in [0.2, 0.25) is 0 Å². The maximum absolute atomic E-state index is 12.8. The Hall–Kier alpha value is -2.37. The van der Waals surface area contributed by atoms with Gasteiger partial charge >= 0.3 is 12.0 Å². The van der Waals surface area contributed by atoms with E-state index in [1.54, 1.807) is 0 Å². The summed E-state index contributed by atoms with van der Waals surface area (Å²) in [5.74, 6) is -1.53. The molecule has 0 atom stereocenters. The topological polar surface area (TPSA) is 64.3 Å². The Morgan fingerprint density at radius 3 is 2.59 bits per heavy atom. The fourth-order valence-electron chi connectivity index (χ4n) is 1.47. The van der Waals surface area contributed by atoms with Crippen LogP contribution in [0.1, 0.15) is 10.5 Å². The van der Waals surface area contributed by atoms with Crippen molar-refractivity contribution in [3.63, 3.8) is 0 Å². The van der Waals surface area contributed by atoms with Gasteiger partial charge in [0.25, 0.3) is 0 Å². The molecule has 0 unspecified atom stereocenters. The normalized spacial score (nSPS) is 10.2. The standard InChI is InChI=1S/C11H9FN2O3/c1-17-11-13-6-9(10(15)16)14(11)8-4-2-7(12)3-5-8/h2-6H,1H3,(H,15,16). The fraction of sp³-hybridized carbons (Fsp3) is 0.0909. The number of aromatic carboxylic acids is 1. The molecular formula is C11H9FN2O3. The molecule has 0 spiro atoms. The third-order valence-corrected chi connectivity index (χ3v) is 2.22. The molecule has 6 heteroatoms. The molecule has 0 saturated carbocycles. The van der Waals surface area contributed by atoms with Crippen LogP contribution in [0.2, 0.25) is 0 Å². The summed E-state index contributed by atoms with van der Waals surface area (Å²) in [4.78, 5) is 14.8. The van der Waals surface area contributed by atoms with Crippen LogP contribution in [0.3, 0.4) is 0 Å². The summed E-state index contributed by atoms with van der Waals surface area (Å²) in [6.45, 7) is 0. The second-order valence-corrected chi connectivity index (χ2v) is 3.25. The molecule has 88 valence electrons. The number of rotatable bonds is 3. The lowest BCUT2D eigenvalue weighted by Crippen LogP contribution is -2.07. The number of hydrogen-bond donors (Lipinski definition) is 1. The molecular weight excluding hydrogens is 227 g/mol. The molecule has 0 aliphatic rings. The predicted molar refractivity (Wildman–Crippen MR) is 57.0 cm³/mol. The second-order valence-electron chi connectivity index (χ2n) is 3.25. The van der Waals surface area contributed by atoms with E-state index in [1.807, 2.05) is 0 Å². The molecule has 17 heavy (non-hydrogen) atoms. The van der Waals surface area contributed by atoms with Crippen molar-refractivity contribution < 1.29 is 19.0 Å². The first-order valence-corrected chi connectivity index (χ1v) is 4.74. The number of benzene rings is 1. The zero-order valence-electron chi connectivity index (χ0n) is 8.92. The molecule has 5 nitrogen and oxygen atoms in total. The Labute approximate surface area is 96.1 Å². The average Bonchev–Trinajstić information content (AvgIpc) is 2.73. The van der Waals surface area contributed by atoms with E-state index in [9.17, 15) is 9.18 Å². The van der Waals surface area contributed by atoms with Gasteiger partial charge in [0.05, 0.1) is 19.0 Å². The van der Waals surface area contributed by atoms with Crippen molar-refractivity contribution in [2.24, 2.45) is 0 Å². The number of carbonyl (C=O) groups is 1. The largest absolute Gasteiger partial charge is 0.477 e. The minimum absolute atomic E-state index is 0.0477. The maximum Gasteiger partial charge on any atom is 0.354 e. The number of nitrogens with zero attached hydrogens (tertiary/aromatic N) is 2. The molecule has 0 fully saturated rings. The monoisotopic (exact) mass is 236 g/mol. The van der Waals surface area contributed by atoms with E-state index in [0.717, 1.165) is 0 Å². The summed E-state index contributed by atoms with van der Waals surface area (Å²) in [6, 6.07) is 5.51. The van der Waals surface area contributed by atoms with Crippen LogP contribution in [0, 0.1) is 5.82 Å². The van der Waals surface area contributed by atoms with Gasteiger partial charge in [-0.2, -0.15) is 0 Å². The Morgan fingerprint density at radius 1 is 1.41 bits per heavy atom. The number of carboxylic acids is 1. The van der Waals surface area contributed by atoms with Gasteiger partial charge in [0, 0.05) is 0 Å². The van der Waals surface area contributed by atoms with Crippen LogP contribution in [0.4, 0.5) is 4.39 Å². The highest BCUT2D eigenvalue weighted by Crippen LogP contribution is 2.20. The number of aromatic nitrogens is 2. The third-order valence-electron chi connectivity index (χ3n) is 2.22. The quantitative estimate of drug-likeness (QED) is 0.881. The van der Waals surface area contributed by atoms with Crippen molar-refractivity contribution in [3.05, 3.63) is 42.0 Å². The van der Waals surface area contributed by atoms with Crippen LogP contribution in [0.25, 0.3) is 5.69 Å². The molecule has 2 rings (SSSR count). The summed E-state index contributed by atoms with van der Waals surface area (Å²) < 4.78 is 19.0. The summed E-state index contributed by atoms with van der Waals surface area (Å²) >= 11 is 0. The first-order valence-electron chi connectivity index (χ1n) is 4.74. The van der Waals surface area contributed by atoms with E-state index in [1.165, 1.54) is 42.1 Å². The van der Waals surface area contributed by atoms with E-state index in [0.29, 0.717) is 5.69 Å². The van der Waals surface area contributed by atoms with Gasteiger partial charge in [0.1, 0.15) is 5.82 Å². The summed E-state index contributed by atoms with van der Waals surface area (Å²) in [7, 11) is 1.38. The highest BCUT2D eigenvalue weighted by Gasteiger charge is 2.17. The van der Waals surface area contributed by atoms with E-state index in [2.05, 4.69) is 4.98 Å². The Morgan fingerprint density at radius 2 is 2.06 bits per heavy atom. The lowest BCUT2D eigenvalue weighted by atomic mass is 10.3. The second kappa shape index (κ2) is 4.25. The van der Waals surface area contributed by atoms with Crippen molar-refractivity contribution in [3.8, 4) is 11.7 Å². The Kier molecular flexibility index (Phi) is 2.78. The Bertz CT molecular complexity index is 548. The number of imidazole rings is 1. The van der Waals surface area contributed by atoms with Crippen LogP contribution in [-0.2, 0) is 0 Å². The first kappa shape index (κ1) is 11.1. The molecule has 1 heterocycles. The zero-order valence-corrected chi connectivity index (χ0v) is 8.92. The summed E-state index contributed by atoms with van der Waals surface area (Å²) in [6.07, 6.45) is 1.19. The van der Waals surface area contributed by atoms with Crippen LogP contribution in [0.5, 0.6) is 6.01 Å². The van der Waals surface area contributed by atoms with E-state index in [-0.39, 0.29) is 11.7 Å². The van der Waals surface area contributed by atoms with Gasteiger partial charge in [-0.05, 0) is 24.3 Å². The minimum Gasteiger partial charge on any atom is -0.477 e. The van der Waals surface area contributed by atoms with Crippen molar-refractivity contribution in [2.45, 2.75) is 0 Å². The molecule has 1 N–H and O–H groups in total. The van der Waals surface area contributed by atoms with Crippen molar-refractivity contribution >= 4 is 5.97 Å². The molecule has 1 aromatic carbocycles. The van der Waals surface area contributed by atoms with Crippen LogP contribution < -0.4 is 4.74 Å². The van der Waals surface area contributed by atoms with Gasteiger partial charge in [-0.25, -0.2) is 14.2 Å². The predicted octanol–water partition coefficient (Wildman–Crippen LogP) is 1.72. The number of hydrogen-bond acceptors (Lipinski definition) is 3. The highest BCUT2D eigenvalue weighted by atomic mass is 19.1. The van der Waals surface area contributed by atoms with Crippen molar-refractivity contribution in [1.82, 2.24) is 9.55 Å². The lowest BCUT2D eigenvalue weighted by Gasteiger charge is -2.08. The number of halogens is 1. The molecule has 0 saturated heterocycles. The maximum atomic E-state index is 12.8. The van der Waals surface area contributed by atoms with E-state index < -0.39 is 11.8 Å². The summed E-state index contributed by atoms with van der Waals surface area (Å²) in [5, 5.41) is 9.00. The molecule has 1 aromatic heterocycles. The molecule has 0 bridgehead atoms. The van der Waals surface area contributed by atoms with Crippen molar-refractivity contribution in [2.75, 3.05) is 7.11 Å². The number of carboxylic acid groups (broad SMARTS) is 1. The first-order chi connectivity index (χ1) is 8.13. The average molecular weight is 236 g/mol. The van der Waals surface area contributed by atoms with Crippen LogP contribution in [-0.4, -0.2) is 27.7 Å². The summed E-state index contributed by atoms with van der Waals surface area (Å²) in [5.41, 5.74) is 0.423. The molecule has 0 aliphatic heterocycles. The van der Waals surface area contributed by atoms with E-state index in [4.69, 9.17) is 9.84 Å². The molecule has 0 radical (unpaired) electrons. The van der Waals surface area contributed by atoms with Crippen LogP contribution >= 0.6 is 0 Å². The third kappa shape index (κ3) is 1.96. The highest BCUT2D eigenvalue weighted by molar-refractivity contribution is 5.86. The fourth-order valence-corrected chi connectivity index (χ4v) is 1.47. The van der Waals surface area contributed by atoms with Gasteiger partial charge in [-0.15, -0.1) is 0 Å². The van der Waals surface area contributed by atoms with E-state index >= 15 is 0 Å². The van der Waals surface area contributed by atoms with Gasteiger partial charge in [-0.3, -0.25) is 4.57 Å². The van der Waals surface area contributed by atoms with Gasteiger partial charge < -0.3 is 9.84 Å². The minimum atomic E-state index is -1.13. The molecule has 2 aromatic rings. The molecule has 0 aliphatic carbocycles. The van der Waals surface area contributed by atoms with Gasteiger partial charge in [-0.1, -0.05) is 0 Å². The smallest absolute Gasteiger partial charge is 0.354 e. The SMILES string of the molecule is COc1ncc(C(=O)O)n1-c1ccc(F)cc1. The Balaban J connectivity index is 2.59. The lowest BCUT2D eigenvalue weighted by molar-refractivity contribution is 0.0687. The van der Waals surface area contributed by atoms with Crippen LogP contribution in [0.15, 0.2) is 30.5 Å². The molecule has 0 amide bonds. The zero-order chi connectivity index (χ0) is 12.4. The van der Waals surface area contributed by atoms with Crippen molar-refractivity contribution in [1.29, 1.82) is 0 Å². The number of methoxy groups -OCH3 is 1.